The number of aliphatic hydroxyl groups is 2. The van der Waals surface area contributed by atoms with E-state index in [0.717, 1.165) is 18.4 Å². The van der Waals surface area contributed by atoms with Gasteiger partial charge in [0.05, 0.1) is 12.3 Å². The third kappa shape index (κ3) is 9.14. The second-order valence-corrected chi connectivity index (χ2v) is 10.9. The summed E-state index contributed by atoms with van der Waals surface area (Å²) in [6.45, 7) is 9.72. The summed E-state index contributed by atoms with van der Waals surface area (Å²) in [5.74, 6) is -0.775. The Balaban J connectivity index is 1.41. The number of aliphatic hydroxyl groups excluding tert-OH is 2. The number of carbonyl (C=O) groups excluding carboxylic acids is 2. The van der Waals surface area contributed by atoms with Crippen LogP contribution in [-0.4, -0.2) is 63.4 Å². The maximum Gasteiger partial charge on any atom is 0.342 e. The number of ether oxygens (including phenoxy) is 1. The van der Waals surface area contributed by atoms with Crippen LogP contribution in [-0.2, 0) is 16.0 Å². The first-order chi connectivity index (χ1) is 20.5. The summed E-state index contributed by atoms with van der Waals surface area (Å²) in [6.07, 6.45) is 15.8. The Morgan fingerprint density at radius 2 is 1.91 bits per heavy atom. The lowest BCUT2D eigenvalue weighted by molar-refractivity contribution is -0.124. The van der Waals surface area contributed by atoms with Gasteiger partial charge in [-0.25, -0.2) is 9.78 Å². The van der Waals surface area contributed by atoms with E-state index in [2.05, 4.69) is 17.6 Å². The van der Waals surface area contributed by atoms with Crippen molar-refractivity contribution in [3.8, 4) is 5.75 Å². The molecule has 43 heavy (non-hydrogen) atoms. The number of phenols is 1. The van der Waals surface area contributed by atoms with Gasteiger partial charge < -0.3 is 29.4 Å². The minimum absolute atomic E-state index is 0.0210. The highest BCUT2D eigenvalue weighted by Gasteiger charge is 2.39. The molecule has 0 saturated heterocycles. The zero-order chi connectivity index (χ0) is 31.5. The lowest BCUT2D eigenvalue weighted by Gasteiger charge is -2.33. The molecule has 0 radical (unpaired) electrons. The third-order valence-electron chi connectivity index (χ3n) is 7.22. The summed E-state index contributed by atoms with van der Waals surface area (Å²) in [6, 6.07) is 3.32. The average Bonchev–Trinajstić information content (AvgIpc) is 3.45. The third-order valence-corrected chi connectivity index (χ3v) is 7.22. The number of phenolic OH excluding ortho intramolecular Hbond substituents is 1. The first-order valence-electron chi connectivity index (χ1n) is 14.4. The molecule has 0 bridgehead atoms. The Kier molecular flexibility index (Phi) is 12.3. The van der Waals surface area contributed by atoms with Gasteiger partial charge in [0.25, 0.3) is 0 Å². The van der Waals surface area contributed by atoms with Crippen molar-refractivity contribution >= 4 is 17.4 Å². The van der Waals surface area contributed by atoms with Crippen molar-refractivity contribution in [2.75, 3.05) is 20.2 Å². The molecule has 3 rings (SSSR count). The predicted octanol–water partition coefficient (Wildman–Crippen LogP) is 5.39. The quantitative estimate of drug-likeness (QED) is 0.0877. The van der Waals surface area contributed by atoms with E-state index >= 15 is 0 Å². The number of oxazole rings is 1. The van der Waals surface area contributed by atoms with Crippen LogP contribution in [0, 0.1) is 12.8 Å². The number of aromatic hydroxyl groups is 1. The number of hydrogen-bond acceptors (Lipinski definition) is 8. The normalized spacial score (nSPS) is 17.9. The molecule has 1 aromatic heterocycles. The van der Waals surface area contributed by atoms with E-state index in [-0.39, 0.29) is 29.7 Å². The largest absolute Gasteiger partial charge is 0.507 e. The Hall–Kier alpha value is -4.21. The summed E-state index contributed by atoms with van der Waals surface area (Å²) in [5.41, 5.74) is 2.94. The average molecular weight is 591 g/mol. The molecular formula is C34H42N2O7. The number of aryl methyl sites for hydroxylation is 1. The molecule has 2 aromatic rings. The summed E-state index contributed by atoms with van der Waals surface area (Å²) in [7, 11) is 1.72. The van der Waals surface area contributed by atoms with Crippen LogP contribution in [0.5, 0.6) is 5.75 Å². The lowest BCUT2D eigenvalue weighted by atomic mass is 9.86. The molecule has 0 fully saturated rings. The number of cyclic esters (lactones) is 1. The van der Waals surface area contributed by atoms with Crippen molar-refractivity contribution in [1.29, 1.82) is 0 Å². The van der Waals surface area contributed by atoms with Crippen molar-refractivity contribution in [2.45, 2.75) is 58.7 Å². The van der Waals surface area contributed by atoms with Gasteiger partial charge in [0, 0.05) is 36.7 Å². The van der Waals surface area contributed by atoms with Crippen molar-refractivity contribution in [3.63, 3.8) is 0 Å². The van der Waals surface area contributed by atoms with Gasteiger partial charge in [-0.15, -0.1) is 0 Å². The number of benzene rings is 1. The molecule has 9 nitrogen and oxygen atoms in total. The number of amides is 1. The number of carbonyl (C=O) groups is 2. The van der Waals surface area contributed by atoms with E-state index in [0.29, 0.717) is 47.7 Å². The number of hydrogen-bond donors (Lipinski definition) is 3. The molecule has 1 aliphatic heterocycles. The number of rotatable bonds is 14. The van der Waals surface area contributed by atoms with Crippen LogP contribution in [0.15, 0.2) is 77.5 Å². The number of allylic oxidation sites excluding steroid dienone is 6. The van der Waals surface area contributed by atoms with Gasteiger partial charge >= 0.3 is 5.97 Å². The fourth-order valence-corrected chi connectivity index (χ4v) is 4.58. The van der Waals surface area contributed by atoms with Gasteiger partial charge in [0.2, 0.25) is 11.8 Å². The van der Waals surface area contributed by atoms with Gasteiger partial charge in [-0.2, -0.15) is 0 Å². The van der Waals surface area contributed by atoms with Gasteiger partial charge in [-0.05, 0) is 50.7 Å². The number of aromatic nitrogens is 1. The standard InChI is InChI=1S/C34H42N2O7/c1-22(20-37)18-28(38)36(5)17-13-11-9-7-6-8-10-12-14-24(3)33-35-26(21-42-33)19-25(4)32-31(40)27-16-15-23(2)30(39)29(27)34(41)43-32/h6,8,10-13,15-16,18,21,25,31-32,37,39-40H,3,7,9,14,17,19-20H2,1-2,4-5H3/b8-6+,12-10+,13-11+,22-18+/t25-,31+,32-/m1/s1. The molecule has 0 aliphatic carbocycles. The molecule has 1 aromatic carbocycles. The van der Waals surface area contributed by atoms with Crippen LogP contribution in [0.3, 0.4) is 0 Å². The van der Waals surface area contributed by atoms with E-state index in [4.69, 9.17) is 14.3 Å². The lowest BCUT2D eigenvalue weighted by Crippen LogP contribution is -2.37. The molecule has 9 heteroatoms. The molecule has 0 spiro atoms. The molecule has 3 atom stereocenters. The van der Waals surface area contributed by atoms with Crippen LogP contribution in [0.4, 0.5) is 0 Å². The summed E-state index contributed by atoms with van der Waals surface area (Å²) < 4.78 is 11.2. The number of likely N-dealkylation sites (N-methyl/N-ethyl adjacent to an activating group) is 1. The van der Waals surface area contributed by atoms with Crippen LogP contribution in [0.25, 0.3) is 5.57 Å². The highest BCUT2D eigenvalue weighted by atomic mass is 16.6. The zero-order valence-corrected chi connectivity index (χ0v) is 25.3. The van der Waals surface area contributed by atoms with Crippen molar-refractivity contribution < 1.29 is 34.1 Å². The van der Waals surface area contributed by atoms with E-state index in [1.807, 2.05) is 37.3 Å². The molecule has 0 unspecified atom stereocenters. The zero-order valence-electron chi connectivity index (χ0n) is 25.3. The van der Waals surface area contributed by atoms with Crippen molar-refractivity contribution in [2.24, 2.45) is 5.92 Å². The van der Waals surface area contributed by atoms with Gasteiger partial charge in [-0.3, -0.25) is 4.79 Å². The van der Waals surface area contributed by atoms with Crippen molar-refractivity contribution in [3.05, 3.63) is 101 Å². The van der Waals surface area contributed by atoms with Crippen molar-refractivity contribution in [1.82, 2.24) is 9.88 Å². The second kappa shape index (κ2) is 15.9. The molecule has 2 heterocycles. The van der Waals surface area contributed by atoms with Gasteiger partial charge in [-0.1, -0.05) is 62.1 Å². The topological polar surface area (TPSA) is 133 Å². The Labute approximate surface area is 253 Å². The fraction of sp³-hybridized carbons (Fsp3) is 0.382. The second-order valence-electron chi connectivity index (χ2n) is 10.9. The maximum atomic E-state index is 12.6. The van der Waals surface area contributed by atoms with E-state index in [9.17, 15) is 19.8 Å². The smallest absolute Gasteiger partial charge is 0.342 e. The van der Waals surface area contributed by atoms with Crippen LogP contribution in [0.2, 0.25) is 0 Å². The van der Waals surface area contributed by atoms with Crippen LogP contribution >= 0.6 is 0 Å². The number of unbranched alkanes of at least 4 members (excludes halogenated alkanes) is 1. The van der Waals surface area contributed by atoms with E-state index in [1.165, 1.54) is 6.08 Å². The van der Waals surface area contributed by atoms with Gasteiger partial charge in [0.1, 0.15) is 29.8 Å². The first-order valence-corrected chi connectivity index (χ1v) is 14.4. The van der Waals surface area contributed by atoms with Crippen LogP contribution in [0.1, 0.15) is 72.3 Å². The molecule has 1 aliphatic rings. The first kappa shape index (κ1) is 33.3. The highest BCUT2D eigenvalue weighted by Crippen LogP contribution is 2.39. The Morgan fingerprint density at radius 3 is 2.65 bits per heavy atom. The maximum absolute atomic E-state index is 12.6. The molecule has 230 valence electrons. The molecule has 0 saturated carbocycles. The minimum atomic E-state index is -1.06. The number of fused-ring (bicyclic) bond motifs is 1. The number of nitrogens with zero attached hydrogens (tertiary/aromatic N) is 2. The molecule has 1 amide bonds. The predicted molar refractivity (Wildman–Crippen MR) is 165 cm³/mol. The summed E-state index contributed by atoms with van der Waals surface area (Å²) >= 11 is 0. The van der Waals surface area contributed by atoms with E-state index in [1.54, 1.807) is 44.2 Å². The van der Waals surface area contributed by atoms with Gasteiger partial charge in [0.15, 0.2) is 0 Å². The SMILES string of the molecule is C=C(C/C=C/C=C/CC/C=C/CN(C)C(=O)/C=C(\C)CO)c1nc(C[C@@H](C)[C@H]2OC(=O)c3c(ccc(C)c3O)[C@@H]2O)co1. The molecular weight excluding hydrogens is 548 g/mol. The van der Waals surface area contributed by atoms with E-state index < -0.39 is 18.2 Å². The Bertz CT molecular complexity index is 1420. The summed E-state index contributed by atoms with van der Waals surface area (Å²) in [5, 5.41) is 30.2. The Morgan fingerprint density at radius 1 is 1.19 bits per heavy atom. The highest BCUT2D eigenvalue weighted by molar-refractivity contribution is 5.96. The fourth-order valence-electron chi connectivity index (χ4n) is 4.58. The number of esters is 1. The minimum Gasteiger partial charge on any atom is -0.507 e. The van der Waals surface area contributed by atoms with Crippen LogP contribution < -0.4 is 0 Å². The monoisotopic (exact) mass is 590 g/mol. The summed E-state index contributed by atoms with van der Waals surface area (Å²) in [4.78, 5) is 30.6. The molecule has 3 N–H and O–H groups in total.